The molecule has 32 heavy (non-hydrogen) atoms. The molecule has 1 atom stereocenters. The summed E-state index contributed by atoms with van der Waals surface area (Å²) < 4.78 is 13.1. The Morgan fingerprint density at radius 1 is 1.25 bits per heavy atom. The largest absolute Gasteiger partial charge is 0.497 e. The second-order valence-electron chi connectivity index (χ2n) is 8.66. The molecule has 174 valence electrons. The van der Waals surface area contributed by atoms with Gasteiger partial charge in [0.2, 0.25) is 5.91 Å². The van der Waals surface area contributed by atoms with Crippen LogP contribution in [0.3, 0.4) is 0 Å². The number of hydrogen-bond donors (Lipinski definition) is 0. The molecule has 2 heterocycles. The topological polar surface area (TPSA) is 76.9 Å². The monoisotopic (exact) mass is 442 g/mol. The van der Waals surface area contributed by atoms with Gasteiger partial charge in [0.15, 0.2) is 0 Å². The third-order valence-corrected chi connectivity index (χ3v) is 5.53. The third kappa shape index (κ3) is 5.88. The fourth-order valence-corrected chi connectivity index (χ4v) is 3.89. The molecule has 0 radical (unpaired) electrons. The van der Waals surface area contributed by atoms with Gasteiger partial charge in [-0.05, 0) is 36.1 Å². The Balaban J connectivity index is 1.79. The fraction of sp³-hybridized carbons (Fsp3) is 0.542. The number of ether oxygens (including phenoxy) is 2. The van der Waals surface area contributed by atoms with E-state index >= 15 is 0 Å². The van der Waals surface area contributed by atoms with Crippen molar-refractivity contribution in [2.75, 3.05) is 33.3 Å². The van der Waals surface area contributed by atoms with Crippen LogP contribution in [0.4, 0.5) is 0 Å². The molecule has 0 aliphatic carbocycles. The van der Waals surface area contributed by atoms with Gasteiger partial charge in [-0.15, -0.1) is 0 Å². The first-order valence-corrected chi connectivity index (χ1v) is 11.1. The van der Waals surface area contributed by atoms with Gasteiger partial charge in [-0.2, -0.15) is 5.10 Å². The molecule has 3 rings (SSSR count). The minimum absolute atomic E-state index is 0.0389. The molecule has 2 amide bonds. The standard InChI is InChI=1S/C24H34N4O4/c1-6-19-11-22(26(4)25-19)24(30)28-14-21(13-27(12-17(2)3)23(29)15-28)32-16-18-8-7-9-20(10-18)31-5/h7-11,17,21H,6,12-16H2,1-5H3/t21-/m1/s1. The minimum atomic E-state index is -0.297. The summed E-state index contributed by atoms with van der Waals surface area (Å²) in [4.78, 5) is 29.7. The Labute approximate surface area is 190 Å². The predicted molar refractivity (Wildman–Crippen MR) is 121 cm³/mol. The molecule has 0 saturated carbocycles. The lowest BCUT2D eigenvalue weighted by atomic mass is 10.2. The zero-order valence-corrected chi connectivity index (χ0v) is 19.7. The maximum atomic E-state index is 13.3. The summed E-state index contributed by atoms with van der Waals surface area (Å²) in [6.07, 6.45) is 0.448. The fourth-order valence-electron chi connectivity index (χ4n) is 3.89. The van der Waals surface area contributed by atoms with Crippen molar-refractivity contribution in [2.24, 2.45) is 13.0 Å². The van der Waals surface area contributed by atoms with Gasteiger partial charge in [-0.3, -0.25) is 14.3 Å². The first-order chi connectivity index (χ1) is 15.3. The number of rotatable bonds is 8. The van der Waals surface area contributed by atoms with Crippen LogP contribution in [0.25, 0.3) is 0 Å². The molecule has 0 spiro atoms. The van der Waals surface area contributed by atoms with Crippen LogP contribution in [0.15, 0.2) is 30.3 Å². The van der Waals surface area contributed by atoms with Crippen molar-refractivity contribution in [3.63, 3.8) is 0 Å². The van der Waals surface area contributed by atoms with Crippen LogP contribution in [-0.2, 0) is 29.6 Å². The van der Waals surface area contributed by atoms with Crippen LogP contribution in [-0.4, -0.2) is 70.8 Å². The first kappa shape index (κ1) is 23.8. The van der Waals surface area contributed by atoms with E-state index in [0.717, 1.165) is 23.4 Å². The molecule has 0 unspecified atom stereocenters. The molecule has 8 nitrogen and oxygen atoms in total. The summed E-state index contributed by atoms with van der Waals surface area (Å²) in [6, 6.07) is 9.51. The van der Waals surface area contributed by atoms with Crippen LogP contribution >= 0.6 is 0 Å². The maximum absolute atomic E-state index is 13.3. The summed E-state index contributed by atoms with van der Waals surface area (Å²) in [5.74, 6) is 0.833. The number of methoxy groups -OCH3 is 1. The van der Waals surface area contributed by atoms with Crippen LogP contribution < -0.4 is 4.74 Å². The van der Waals surface area contributed by atoms with E-state index in [0.29, 0.717) is 37.9 Å². The average Bonchev–Trinajstić information content (AvgIpc) is 3.08. The van der Waals surface area contributed by atoms with Gasteiger partial charge in [-0.25, -0.2) is 0 Å². The molecular weight excluding hydrogens is 408 g/mol. The second-order valence-corrected chi connectivity index (χ2v) is 8.66. The third-order valence-electron chi connectivity index (χ3n) is 5.53. The second kappa shape index (κ2) is 10.6. The SMILES string of the molecule is CCc1cc(C(=O)N2CC(=O)N(CC(C)C)C[C@@H](OCc3cccc(OC)c3)C2)n(C)n1. The number of carbonyl (C=O) groups is 2. The summed E-state index contributed by atoms with van der Waals surface area (Å²) in [5.41, 5.74) is 2.31. The molecule has 1 aliphatic rings. The number of nitrogens with zero attached hydrogens (tertiary/aromatic N) is 4. The number of hydrogen-bond acceptors (Lipinski definition) is 5. The lowest BCUT2D eigenvalue weighted by Gasteiger charge is -2.26. The number of carbonyl (C=O) groups excluding carboxylic acids is 2. The molecule has 0 N–H and O–H groups in total. The van der Waals surface area contributed by atoms with Gasteiger partial charge in [-0.1, -0.05) is 32.9 Å². The zero-order valence-electron chi connectivity index (χ0n) is 19.7. The smallest absolute Gasteiger partial charge is 0.272 e. The maximum Gasteiger partial charge on any atom is 0.272 e. The van der Waals surface area contributed by atoms with Crippen LogP contribution in [0.1, 0.15) is 42.5 Å². The van der Waals surface area contributed by atoms with E-state index < -0.39 is 0 Å². The Bertz CT molecular complexity index is 940. The van der Waals surface area contributed by atoms with Crippen molar-refractivity contribution in [1.82, 2.24) is 19.6 Å². The van der Waals surface area contributed by atoms with Crippen molar-refractivity contribution in [2.45, 2.75) is 39.9 Å². The van der Waals surface area contributed by atoms with Crippen LogP contribution in [0.5, 0.6) is 5.75 Å². The van der Waals surface area contributed by atoms with Crippen molar-refractivity contribution >= 4 is 11.8 Å². The Kier molecular flexibility index (Phi) is 7.90. The molecule has 1 aliphatic heterocycles. The summed E-state index contributed by atoms with van der Waals surface area (Å²) >= 11 is 0. The van der Waals surface area contributed by atoms with Gasteiger partial charge in [0.25, 0.3) is 5.91 Å². The molecule has 2 aromatic rings. The van der Waals surface area contributed by atoms with Crippen molar-refractivity contribution in [3.05, 3.63) is 47.3 Å². The van der Waals surface area contributed by atoms with Gasteiger partial charge >= 0.3 is 0 Å². The van der Waals surface area contributed by atoms with Crippen LogP contribution in [0.2, 0.25) is 0 Å². The van der Waals surface area contributed by atoms with E-state index in [4.69, 9.17) is 9.47 Å². The highest BCUT2D eigenvalue weighted by Gasteiger charge is 2.32. The van der Waals surface area contributed by atoms with Crippen molar-refractivity contribution in [1.29, 1.82) is 0 Å². The highest BCUT2D eigenvalue weighted by molar-refractivity contribution is 5.95. The van der Waals surface area contributed by atoms with E-state index in [1.54, 1.807) is 29.8 Å². The van der Waals surface area contributed by atoms with Crippen molar-refractivity contribution in [3.8, 4) is 5.75 Å². The number of benzene rings is 1. The first-order valence-electron chi connectivity index (χ1n) is 11.1. The molecular formula is C24H34N4O4. The van der Waals surface area contributed by atoms with Gasteiger partial charge in [0.05, 0.1) is 25.5 Å². The highest BCUT2D eigenvalue weighted by Crippen LogP contribution is 2.18. The molecule has 1 saturated heterocycles. The normalized spacial score (nSPS) is 17.1. The minimum Gasteiger partial charge on any atom is -0.497 e. The van der Waals surface area contributed by atoms with E-state index in [1.807, 2.05) is 36.1 Å². The Hall–Kier alpha value is -2.87. The summed E-state index contributed by atoms with van der Waals surface area (Å²) in [5, 5.41) is 4.38. The van der Waals surface area contributed by atoms with E-state index in [2.05, 4.69) is 18.9 Å². The molecule has 0 bridgehead atoms. The average molecular weight is 443 g/mol. The predicted octanol–water partition coefficient (Wildman–Crippen LogP) is 2.52. The quantitative estimate of drug-likeness (QED) is 0.628. The number of aryl methyl sites for hydroxylation is 2. The number of amides is 2. The summed E-state index contributed by atoms with van der Waals surface area (Å²) in [6.45, 7) is 8.00. The van der Waals surface area contributed by atoms with Crippen molar-refractivity contribution < 1.29 is 19.1 Å². The Morgan fingerprint density at radius 2 is 2.03 bits per heavy atom. The molecule has 8 heteroatoms. The van der Waals surface area contributed by atoms with Gasteiger partial charge < -0.3 is 19.3 Å². The lowest BCUT2D eigenvalue weighted by molar-refractivity contribution is -0.132. The zero-order chi connectivity index (χ0) is 23.3. The summed E-state index contributed by atoms with van der Waals surface area (Å²) in [7, 11) is 3.39. The highest BCUT2D eigenvalue weighted by atomic mass is 16.5. The lowest BCUT2D eigenvalue weighted by Crippen LogP contribution is -2.41. The van der Waals surface area contributed by atoms with E-state index in [1.165, 1.54) is 0 Å². The van der Waals surface area contributed by atoms with Gasteiger partial charge in [0, 0.05) is 26.7 Å². The molecule has 1 aromatic heterocycles. The van der Waals surface area contributed by atoms with Gasteiger partial charge in [0.1, 0.15) is 18.0 Å². The van der Waals surface area contributed by atoms with E-state index in [-0.39, 0.29) is 24.5 Å². The van der Waals surface area contributed by atoms with Crippen LogP contribution in [0, 0.1) is 5.92 Å². The number of aromatic nitrogens is 2. The van der Waals surface area contributed by atoms with E-state index in [9.17, 15) is 9.59 Å². The molecule has 1 aromatic carbocycles. The Morgan fingerprint density at radius 3 is 2.69 bits per heavy atom. The molecule has 1 fully saturated rings.